The summed E-state index contributed by atoms with van der Waals surface area (Å²) < 4.78 is 5.55. The second kappa shape index (κ2) is 9.99. The van der Waals surface area contributed by atoms with E-state index in [9.17, 15) is 14.4 Å². The van der Waals surface area contributed by atoms with Crippen LogP contribution in [0.3, 0.4) is 0 Å². The normalized spacial score (nSPS) is 11.9. The second-order valence-electron chi connectivity index (χ2n) is 7.82. The third-order valence-corrected chi connectivity index (χ3v) is 5.62. The Labute approximate surface area is 191 Å². The molecule has 4 rings (SSSR count). The summed E-state index contributed by atoms with van der Waals surface area (Å²) in [6.45, 7) is -0.148. The minimum Gasteiger partial charge on any atom is -0.480 e. The van der Waals surface area contributed by atoms with Gasteiger partial charge in [0.15, 0.2) is 0 Å². The number of benzene rings is 3. The number of rotatable bonds is 8. The molecule has 0 atom stereocenters. The Morgan fingerprint density at radius 3 is 2.06 bits per heavy atom. The van der Waals surface area contributed by atoms with Crippen LogP contribution in [0.1, 0.15) is 29.0 Å². The van der Waals surface area contributed by atoms with Gasteiger partial charge in [-0.3, -0.25) is 14.9 Å². The zero-order chi connectivity index (χ0) is 23.2. The first kappa shape index (κ1) is 22.1. The van der Waals surface area contributed by atoms with Gasteiger partial charge >= 0.3 is 12.1 Å². The van der Waals surface area contributed by atoms with Gasteiger partial charge in [-0.25, -0.2) is 4.79 Å². The van der Waals surface area contributed by atoms with Crippen LogP contribution in [0.2, 0.25) is 0 Å². The highest BCUT2D eigenvalue weighted by Crippen LogP contribution is 2.44. The van der Waals surface area contributed by atoms with E-state index in [2.05, 4.69) is 34.9 Å². The van der Waals surface area contributed by atoms with E-state index >= 15 is 0 Å². The molecular weight excluding hydrogens is 420 g/mol. The molecule has 3 N–H and O–H groups in total. The number of carboxylic acid groups (broad SMARTS) is 1. The van der Waals surface area contributed by atoms with Crippen LogP contribution in [-0.4, -0.2) is 36.2 Å². The van der Waals surface area contributed by atoms with E-state index in [1.54, 1.807) is 12.1 Å². The summed E-state index contributed by atoms with van der Waals surface area (Å²) in [7, 11) is 0. The monoisotopic (exact) mass is 444 g/mol. The molecule has 1 aliphatic rings. The molecule has 168 valence electrons. The molecule has 33 heavy (non-hydrogen) atoms. The number of amides is 2. The lowest BCUT2D eigenvalue weighted by molar-refractivity contribution is -0.137. The molecule has 1 aliphatic carbocycles. The van der Waals surface area contributed by atoms with Crippen LogP contribution in [0.4, 0.5) is 10.5 Å². The summed E-state index contributed by atoms with van der Waals surface area (Å²) >= 11 is 0. The number of hydrogen-bond donors (Lipinski definition) is 3. The standard InChI is InChI=1S/C26H24N2O5/c29-24(27-15-25(30)31)14-11-17-9-12-18(13-10-17)28-26(32)33-16-23-21-7-3-1-5-19(21)20-6-2-4-8-22(20)23/h1-10,12-13,23H,11,14-16H2,(H,27,29)(H,28,32)(H,30,31). The van der Waals surface area contributed by atoms with Gasteiger partial charge in [-0.15, -0.1) is 0 Å². The van der Waals surface area contributed by atoms with Crippen molar-refractivity contribution in [2.45, 2.75) is 18.8 Å². The Kier molecular flexibility index (Phi) is 6.69. The fourth-order valence-electron chi connectivity index (χ4n) is 4.03. The fourth-order valence-corrected chi connectivity index (χ4v) is 4.03. The van der Waals surface area contributed by atoms with Gasteiger partial charge in [0.1, 0.15) is 13.2 Å². The lowest BCUT2D eigenvalue weighted by Gasteiger charge is -2.14. The predicted molar refractivity (Wildman–Crippen MR) is 124 cm³/mol. The molecular formula is C26H24N2O5. The van der Waals surface area contributed by atoms with E-state index in [0.29, 0.717) is 12.1 Å². The lowest BCUT2D eigenvalue weighted by Crippen LogP contribution is -2.29. The Morgan fingerprint density at radius 2 is 1.45 bits per heavy atom. The molecule has 3 aromatic rings. The van der Waals surface area contributed by atoms with Crippen LogP contribution in [0.25, 0.3) is 11.1 Å². The van der Waals surface area contributed by atoms with Gasteiger partial charge in [0.05, 0.1) is 0 Å². The number of ether oxygens (including phenoxy) is 1. The molecule has 7 heteroatoms. The summed E-state index contributed by atoms with van der Waals surface area (Å²) in [5.41, 5.74) is 6.15. The van der Waals surface area contributed by atoms with Gasteiger partial charge in [-0.05, 0) is 46.4 Å². The van der Waals surface area contributed by atoms with E-state index in [1.807, 2.05) is 36.4 Å². The van der Waals surface area contributed by atoms with Crippen LogP contribution in [-0.2, 0) is 20.7 Å². The molecule has 0 saturated carbocycles. The summed E-state index contributed by atoms with van der Waals surface area (Å²) in [6, 6.07) is 23.4. The maximum atomic E-state index is 12.4. The maximum Gasteiger partial charge on any atom is 0.411 e. The molecule has 0 unspecified atom stereocenters. The van der Waals surface area contributed by atoms with Crippen molar-refractivity contribution in [3.8, 4) is 11.1 Å². The zero-order valence-electron chi connectivity index (χ0n) is 17.9. The van der Waals surface area contributed by atoms with Gasteiger partial charge in [-0.2, -0.15) is 0 Å². The van der Waals surface area contributed by atoms with Crippen LogP contribution >= 0.6 is 0 Å². The van der Waals surface area contributed by atoms with Crippen molar-refractivity contribution in [1.82, 2.24) is 5.32 Å². The Hall–Kier alpha value is -4.13. The van der Waals surface area contributed by atoms with E-state index in [1.165, 1.54) is 11.1 Å². The van der Waals surface area contributed by atoms with E-state index in [4.69, 9.17) is 9.84 Å². The summed E-state index contributed by atoms with van der Waals surface area (Å²) in [5, 5.41) is 13.6. The second-order valence-corrected chi connectivity index (χ2v) is 7.82. The number of fused-ring (bicyclic) bond motifs is 3. The highest BCUT2D eigenvalue weighted by atomic mass is 16.5. The number of carbonyl (C=O) groups excluding carboxylic acids is 2. The van der Waals surface area contributed by atoms with Crippen molar-refractivity contribution in [3.63, 3.8) is 0 Å². The first-order valence-corrected chi connectivity index (χ1v) is 10.7. The Balaban J connectivity index is 1.29. The predicted octanol–water partition coefficient (Wildman–Crippen LogP) is 4.18. The average Bonchev–Trinajstić information content (AvgIpc) is 3.15. The Morgan fingerprint density at radius 1 is 0.848 bits per heavy atom. The molecule has 7 nitrogen and oxygen atoms in total. The highest BCUT2D eigenvalue weighted by Gasteiger charge is 2.28. The van der Waals surface area contributed by atoms with Crippen LogP contribution in [0.15, 0.2) is 72.8 Å². The number of nitrogens with one attached hydrogen (secondary N) is 2. The maximum absolute atomic E-state index is 12.4. The van der Waals surface area contributed by atoms with Crippen molar-refractivity contribution in [2.24, 2.45) is 0 Å². The first-order chi connectivity index (χ1) is 16.0. The van der Waals surface area contributed by atoms with Gasteiger partial charge < -0.3 is 15.2 Å². The number of hydrogen-bond acceptors (Lipinski definition) is 4. The van der Waals surface area contributed by atoms with E-state index < -0.39 is 12.1 Å². The largest absolute Gasteiger partial charge is 0.480 e. The van der Waals surface area contributed by atoms with Crippen molar-refractivity contribution in [1.29, 1.82) is 0 Å². The number of anilines is 1. The average molecular weight is 444 g/mol. The van der Waals surface area contributed by atoms with Crippen molar-refractivity contribution < 1.29 is 24.2 Å². The van der Waals surface area contributed by atoms with Crippen LogP contribution < -0.4 is 10.6 Å². The molecule has 0 spiro atoms. The molecule has 0 aliphatic heterocycles. The third kappa shape index (κ3) is 5.38. The fraction of sp³-hybridized carbons (Fsp3) is 0.192. The molecule has 0 bridgehead atoms. The lowest BCUT2D eigenvalue weighted by atomic mass is 9.98. The molecule has 0 aromatic heterocycles. The first-order valence-electron chi connectivity index (χ1n) is 10.7. The molecule has 2 amide bonds. The van der Waals surface area contributed by atoms with Crippen molar-refractivity contribution in [3.05, 3.63) is 89.5 Å². The summed E-state index contributed by atoms with van der Waals surface area (Å²) in [4.78, 5) is 34.5. The molecule has 0 radical (unpaired) electrons. The van der Waals surface area contributed by atoms with E-state index in [0.717, 1.165) is 16.7 Å². The van der Waals surface area contributed by atoms with Crippen molar-refractivity contribution >= 4 is 23.7 Å². The minimum absolute atomic E-state index is 0.00204. The van der Waals surface area contributed by atoms with Gasteiger partial charge in [0, 0.05) is 18.0 Å². The number of aryl methyl sites for hydroxylation is 1. The topological polar surface area (TPSA) is 105 Å². The zero-order valence-corrected chi connectivity index (χ0v) is 17.9. The third-order valence-electron chi connectivity index (χ3n) is 5.62. The van der Waals surface area contributed by atoms with Crippen molar-refractivity contribution in [2.75, 3.05) is 18.5 Å². The molecule has 0 heterocycles. The quantitative estimate of drug-likeness (QED) is 0.483. The van der Waals surface area contributed by atoms with E-state index in [-0.39, 0.29) is 31.4 Å². The molecule has 3 aromatic carbocycles. The van der Waals surface area contributed by atoms with Gasteiger partial charge in [0.25, 0.3) is 0 Å². The molecule has 0 saturated heterocycles. The number of aliphatic carboxylic acids is 1. The van der Waals surface area contributed by atoms with Gasteiger partial charge in [-0.1, -0.05) is 60.7 Å². The van der Waals surface area contributed by atoms with Crippen LogP contribution in [0.5, 0.6) is 0 Å². The van der Waals surface area contributed by atoms with Crippen LogP contribution in [0, 0.1) is 0 Å². The SMILES string of the molecule is O=C(O)CNC(=O)CCc1ccc(NC(=O)OCC2c3ccccc3-c3ccccc32)cc1. The Bertz CT molecular complexity index is 1130. The summed E-state index contributed by atoms with van der Waals surface area (Å²) in [6.07, 6.45) is 0.126. The number of carboxylic acids is 1. The minimum atomic E-state index is -1.08. The highest BCUT2D eigenvalue weighted by molar-refractivity contribution is 5.85. The smallest absolute Gasteiger partial charge is 0.411 e. The van der Waals surface area contributed by atoms with Gasteiger partial charge in [0.2, 0.25) is 5.91 Å². The molecule has 0 fully saturated rings. The summed E-state index contributed by atoms with van der Waals surface area (Å²) in [5.74, 6) is -1.40. The number of carbonyl (C=O) groups is 3.